The van der Waals surface area contributed by atoms with Gasteiger partial charge in [0.2, 0.25) is 0 Å². The Hall–Kier alpha value is -0.850. The van der Waals surface area contributed by atoms with Gasteiger partial charge in [-0.1, -0.05) is 6.42 Å². The molecule has 2 fully saturated rings. The number of hydrogen-bond donors (Lipinski definition) is 0. The van der Waals surface area contributed by atoms with E-state index in [0.717, 1.165) is 43.1 Å². The third-order valence-corrected chi connectivity index (χ3v) is 5.51. The summed E-state index contributed by atoms with van der Waals surface area (Å²) in [6.45, 7) is 6.87. The van der Waals surface area contributed by atoms with Crippen molar-refractivity contribution in [3.8, 4) is 0 Å². The van der Waals surface area contributed by atoms with E-state index in [2.05, 4.69) is 31.7 Å². The summed E-state index contributed by atoms with van der Waals surface area (Å²) >= 11 is 1.65. The molecular formula is C16H27N5S. The minimum Gasteiger partial charge on any atom is -0.353 e. The number of anilines is 1. The van der Waals surface area contributed by atoms with E-state index >= 15 is 0 Å². The molecule has 0 N–H and O–H groups in total. The summed E-state index contributed by atoms with van der Waals surface area (Å²) in [5.74, 6) is 1.03. The molecule has 0 amide bonds. The molecule has 1 atom stereocenters. The van der Waals surface area contributed by atoms with Crippen LogP contribution in [0, 0.1) is 0 Å². The molecule has 0 bridgehead atoms. The third-order valence-electron chi connectivity index (χ3n) is 4.90. The SMILES string of the molecule is CSc1cncc(N2CCN(C[C@H]3CCCCN3C)CC2)n1. The summed E-state index contributed by atoms with van der Waals surface area (Å²) in [5, 5.41) is 1.00. The fourth-order valence-electron chi connectivity index (χ4n) is 3.42. The lowest BCUT2D eigenvalue weighted by atomic mass is 10.0. The van der Waals surface area contributed by atoms with Crippen molar-refractivity contribution in [1.82, 2.24) is 19.8 Å². The summed E-state index contributed by atoms with van der Waals surface area (Å²) in [7, 11) is 2.28. The second kappa shape index (κ2) is 7.62. The average Bonchev–Trinajstić information content (AvgIpc) is 2.58. The van der Waals surface area contributed by atoms with Crippen LogP contribution in [0.3, 0.4) is 0 Å². The van der Waals surface area contributed by atoms with E-state index in [1.165, 1.54) is 32.4 Å². The molecule has 122 valence electrons. The van der Waals surface area contributed by atoms with Crippen LogP contribution in [-0.4, -0.2) is 78.4 Å². The first-order valence-electron chi connectivity index (χ1n) is 8.30. The zero-order valence-corrected chi connectivity index (χ0v) is 14.6. The summed E-state index contributed by atoms with van der Waals surface area (Å²) in [6.07, 6.45) is 9.90. The van der Waals surface area contributed by atoms with Crippen LogP contribution in [0.15, 0.2) is 17.4 Å². The van der Waals surface area contributed by atoms with Gasteiger partial charge in [0.05, 0.1) is 12.4 Å². The highest BCUT2D eigenvalue weighted by Gasteiger charge is 2.24. The normalized spacial score (nSPS) is 24.6. The standard InChI is InChI=1S/C16H27N5S/c1-19-6-4-3-5-14(19)13-20-7-9-21(10-8-20)15-11-17-12-16(18-15)22-2/h11-12,14H,3-10,13H2,1-2H3/t14-/m1/s1. The van der Waals surface area contributed by atoms with Crippen LogP contribution >= 0.6 is 11.8 Å². The Morgan fingerprint density at radius 2 is 1.95 bits per heavy atom. The van der Waals surface area contributed by atoms with Gasteiger partial charge in [-0.15, -0.1) is 11.8 Å². The second-order valence-electron chi connectivity index (χ2n) is 6.34. The van der Waals surface area contributed by atoms with Gasteiger partial charge in [-0.3, -0.25) is 9.88 Å². The number of hydrogen-bond acceptors (Lipinski definition) is 6. The van der Waals surface area contributed by atoms with Crippen LogP contribution in [0.4, 0.5) is 5.82 Å². The van der Waals surface area contributed by atoms with Crippen molar-refractivity contribution in [2.45, 2.75) is 30.3 Å². The largest absolute Gasteiger partial charge is 0.353 e. The van der Waals surface area contributed by atoms with Crippen molar-refractivity contribution in [3.05, 3.63) is 12.4 Å². The van der Waals surface area contributed by atoms with Crippen molar-refractivity contribution in [2.75, 3.05) is 57.5 Å². The van der Waals surface area contributed by atoms with Crippen LogP contribution in [0.1, 0.15) is 19.3 Å². The van der Waals surface area contributed by atoms with Gasteiger partial charge >= 0.3 is 0 Å². The fraction of sp³-hybridized carbons (Fsp3) is 0.750. The lowest BCUT2D eigenvalue weighted by Gasteiger charge is -2.40. The Balaban J connectivity index is 1.51. The van der Waals surface area contributed by atoms with E-state index in [1.807, 2.05) is 18.6 Å². The van der Waals surface area contributed by atoms with E-state index in [4.69, 9.17) is 0 Å². The van der Waals surface area contributed by atoms with Crippen molar-refractivity contribution in [2.24, 2.45) is 0 Å². The molecule has 0 unspecified atom stereocenters. The number of piperidine rings is 1. The van der Waals surface area contributed by atoms with Gasteiger partial charge in [-0.05, 0) is 32.7 Å². The highest BCUT2D eigenvalue weighted by Crippen LogP contribution is 2.19. The fourth-order valence-corrected chi connectivity index (χ4v) is 3.77. The second-order valence-corrected chi connectivity index (χ2v) is 7.16. The molecule has 5 nitrogen and oxygen atoms in total. The molecule has 2 aliphatic heterocycles. The molecule has 2 saturated heterocycles. The van der Waals surface area contributed by atoms with Gasteiger partial charge in [0.15, 0.2) is 0 Å². The van der Waals surface area contributed by atoms with Crippen molar-refractivity contribution < 1.29 is 0 Å². The molecule has 6 heteroatoms. The lowest BCUT2D eigenvalue weighted by molar-refractivity contribution is 0.124. The highest BCUT2D eigenvalue weighted by atomic mass is 32.2. The molecule has 1 aromatic rings. The smallest absolute Gasteiger partial charge is 0.148 e. The molecular weight excluding hydrogens is 294 g/mol. The number of likely N-dealkylation sites (N-methyl/N-ethyl adjacent to an activating group) is 1. The topological polar surface area (TPSA) is 35.5 Å². The quantitative estimate of drug-likeness (QED) is 0.787. The van der Waals surface area contributed by atoms with E-state index in [-0.39, 0.29) is 0 Å². The van der Waals surface area contributed by atoms with E-state index in [1.54, 1.807) is 11.8 Å². The molecule has 1 aromatic heterocycles. The number of piperazine rings is 1. The maximum absolute atomic E-state index is 4.67. The third kappa shape index (κ3) is 3.91. The van der Waals surface area contributed by atoms with E-state index in [9.17, 15) is 0 Å². The van der Waals surface area contributed by atoms with E-state index < -0.39 is 0 Å². The van der Waals surface area contributed by atoms with Crippen LogP contribution < -0.4 is 4.90 Å². The minimum atomic E-state index is 0.750. The molecule has 0 radical (unpaired) electrons. The number of rotatable bonds is 4. The van der Waals surface area contributed by atoms with Crippen LogP contribution in [0.2, 0.25) is 0 Å². The summed E-state index contributed by atoms with van der Waals surface area (Å²) in [6, 6.07) is 0.750. The van der Waals surface area contributed by atoms with Crippen LogP contribution in [0.25, 0.3) is 0 Å². The van der Waals surface area contributed by atoms with Crippen molar-refractivity contribution in [1.29, 1.82) is 0 Å². The maximum atomic E-state index is 4.67. The van der Waals surface area contributed by atoms with Crippen LogP contribution in [-0.2, 0) is 0 Å². The van der Waals surface area contributed by atoms with Crippen molar-refractivity contribution >= 4 is 17.6 Å². The van der Waals surface area contributed by atoms with Gasteiger partial charge in [0, 0.05) is 38.8 Å². The van der Waals surface area contributed by atoms with Gasteiger partial charge in [-0.2, -0.15) is 0 Å². The zero-order valence-electron chi connectivity index (χ0n) is 13.7. The molecule has 2 aliphatic rings. The first-order chi connectivity index (χ1) is 10.8. The first-order valence-corrected chi connectivity index (χ1v) is 9.52. The minimum absolute atomic E-state index is 0.750. The molecule has 3 rings (SSSR count). The van der Waals surface area contributed by atoms with Crippen molar-refractivity contribution in [3.63, 3.8) is 0 Å². The Kier molecular flexibility index (Phi) is 5.55. The van der Waals surface area contributed by atoms with Gasteiger partial charge in [-0.25, -0.2) is 4.98 Å². The predicted molar refractivity (Wildman–Crippen MR) is 92.7 cm³/mol. The average molecular weight is 321 g/mol. The van der Waals surface area contributed by atoms with Gasteiger partial charge < -0.3 is 9.80 Å². The molecule has 0 saturated carbocycles. The number of likely N-dealkylation sites (tertiary alicyclic amines) is 1. The number of nitrogens with zero attached hydrogens (tertiary/aromatic N) is 5. The summed E-state index contributed by atoms with van der Waals surface area (Å²) in [5.41, 5.74) is 0. The van der Waals surface area contributed by atoms with E-state index in [0.29, 0.717) is 0 Å². The summed E-state index contributed by atoms with van der Waals surface area (Å²) in [4.78, 5) is 16.5. The highest BCUT2D eigenvalue weighted by molar-refractivity contribution is 7.98. The predicted octanol–water partition coefficient (Wildman–Crippen LogP) is 1.80. The van der Waals surface area contributed by atoms with Gasteiger partial charge in [0.25, 0.3) is 0 Å². The molecule has 3 heterocycles. The Morgan fingerprint density at radius 1 is 1.14 bits per heavy atom. The lowest BCUT2D eigenvalue weighted by Crippen LogP contribution is -2.52. The maximum Gasteiger partial charge on any atom is 0.148 e. The Bertz CT molecular complexity index is 475. The Labute approximate surface area is 138 Å². The molecule has 0 aliphatic carbocycles. The number of thioether (sulfide) groups is 1. The summed E-state index contributed by atoms with van der Waals surface area (Å²) < 4.78 is 0. The monoisotopic (exact) mass is 321 g/mol. The molecule has 0 spiro atoms. The zero-order chi connectivity index (χ0) is 15.4. The first kappa shape index (κ1) is 16.0. The Morgan fingerprint density at radius 3 is 2.68 bits per heavy atom. The number of aromatic nitrogens is 2. The molecule has 22 heavy (non-hydrogen) atoms. The van der Waals surface area contributed by atoms with Gasteiger partial charge in [0.1, 0.15) is 10.8 Å². The van der Waals surface area contributed by atoms with Crippen LogP contribution in [0.5, 0.6) is 0 Å². The molecule has 0 aromatic carbocycles.